The van der Waals surface area contributed by atoms with Crippen molar-refractivity contribution in [1.29, 1.82) is 0 Å². The third-order valence-corrected chi connectivity index (χ3v) is 5.25. The lowest BCUT2D eigenvalue weighted by molar-refractivity contribution is 0.457. The van der Waals surface area contributed by atoms with Crippen LogP contribution in [0.1, 0.15) is 0 Å². The molecule has 0 bridgehead atoms. The molecule has 8 heteroatoms. The van der Waals surface area contributed by atoms with E-state index in [9.17, 15) is 13.5 Å². The lowest BCUT2D eigenvalue weighted by Crippen LogP contribution is -2.18. The minimum absolute atomic E-state index is 0.0915. The van der Waals surface area contributed by atoms with Crippen LogP contribution in [0.2, 0.25) is 0 Å². The van der Waals surface area contributed by atoms with Gasteiger partial charge in [0.05, 0.1) is 4.90 Å². The average Bonchev–Trinajstić information content (AvgIpc) is 3.13. The van der Waals surface area contributed by atoms with Crippen molar-refractivity contribution >= 4 is 32.0 Å². The Bertz CT molecular complexity index is 1140. The molecule has 122 valence electrons. The second-order valence-corrected chi connectivity index (χ2v) is 7.14. The second kappa shape index (κ2) is 5.08. The fourth-order valence-electron chi connectivity index (χ4n) is 2.64. The predicted molar refractivity (Wildman–Crippen MR) is 89.2 cm³/mol. The van der Waals surface area contributed by atoms with E-state index in [1.54, 1.807) is 18.2 Å². The number of para-hydroxylation sites is 2. The van der Waals surface area contributed by atoms with E-state index in [0.717, 1.165) is 0 Å². The van der Waals surface area contributed by atoms with E-state index < -0.39 is 10.0 Å². The molecule has 0 aliphatic heterocycles. The summed E-state index contributed by atoms with van der Waals surface area (Å²) in [7, 11) is -2.26. The van der Waals surface area contributed by atoms with E-state index in [2.05, 4.69) is 14.7 Å². The van der Waals surface area contributed by atoms with Crippen LogP contribution in [0, 0.1) is 0 Å². The number of H-pyrrole nitrogens is 1. The highest BCUT2D eigenvalue weighted by Crippen LogP contribution is 2.38. The van der Waals surface area contributed by atoms with Gasteiger partial charge in [-0.05, 0) is 37.4 Å². The molecule has 4 aromatic rings. The number of nitrogens with one attached hydrogen (secondary N) is 2. The summed E-state index contributed by atoms with van der Waals surface area (Å²) in [5.41, 5.74) is 2.15. The SMILES string of the molecule is CNS(=O)(=O)c1ccc2[nH]c(O)c(-c3nc4ccccc4o3)c2c1. The molecule has 24 heavy (non-hydrogen) atoms. The molecule has 0 spiro atoms. The smallest absolute Gasteiger partial charge is 0.240 e. The second-order valence-electron chi connectivity index (χ2n) is 5.25. The van der Waals surface area contributed by atoms with Crippen molar-refractivity contribution in [2.24, 2.45) is 0 Å². The van der Waals surface area contributed by atoms with Crippen LogP contribution in [-0.2, 0) is 10.0 Å². The molecule has 0 saturated heterocycles. The number of aromatic nitrogens is 2. The number of aromatic amines is 1. The molecule has 0 radical (unpaired) electrons. The molecule has 0 fully saturated rings. The molecule has 0 aliphatic carbocycles. The molecule has 2 aromatic carbocycles. The van der Waals surface area contributed by atoms with Crippen LogP contribution in [-0.4, -0.2) is 30.5 Å². The van der Waals surface area contributed by atoms with Gasteiger partial charge in [0.1, 0.15) is 11.1 Å². The Morgan fingerprint density at radius 1 is 1.21 bits per heavy atom. The van der Waals surface area contributed by atoms with Crippen molar-refractivity contribution in [3.05, 3.63) is 42.5 Å². The summed E-state index contributed by atoms with van der Waals surface area (Å²) in [6, 6.07) is 11.7. The summed E-state index contributed by atoms with van der Waals surface area (Å²) in [6.07, 6.45) is 0. The summed E-state index contributed by atoms with van der Waals surface area (Å²) < 4.78 is 32.0. The van der Waals surface area contributed by atoms with Crippen molar-refractivity contribution in [1.82, 2.24) is 14.7 Å². The van der Waals surface area contributed by atoms with Crippen LogP contribution in [0.3, 0.4) is 0 Å². The quantitative estimate of drug-likeness (QED) is 0.530. The Kier molecular flexibility index (Phi) is 3.12. The summed E-state index contributed by atoms with van der Waals surface area (Å²) in [4.78, 5) is 7.26. The number of oxazole rings is 1. The minimum Gasteiger partial charge on any atom is -0.494 e. The predicted octanol–water partition coefficient (Wildman–Crippen LogP) is 2.59. The van der Waals surface area contributed by atoms with Gasteiger partial charge in [-0.15, -0.1) is 0 Å². The molecular formula is C16H13N3O4S. The molecule has 4 rings (SSSR count). The fraction of sp³-hybridized carbons (Fsp3) is 0.0625. The molecule has 3 N–H and O–H groups in total. The summed E-state index contributed by atoms with van der Waals surface area (Å²) in [5, 5.41) is 10.8. The largest absolute Gasteiger partial charge is 0.494 e. The van der Waals surface area contributed by atoms with E-state index in [0.29, 0.717) is 27.6 Å². The summed E-state index contributed by atoms with van der Waals surface area (Å²) in [5.74, 6) is 0.0921. The molecule has 2 heterocycles. The van der Waals surface area contributed by atoms with Crippen LogP contribution >= 0.6 is 0 Å². The zero-order chi connectivity index (χ0) is 16.9. The number of aromatic hydroxyl groups is 1. The number of rotatable bonds is 3. The Balaban J connectivity index is 2.00. The van der Waals surface area contributed by atoms with Gasteiger partial charge in [-0.1, -0.05) is 12.1 Å². The maximum absolute atomic E-state index is 12.0. The van der Waals surface area contributed by atoms with Crippen LogP contribution in [0.5, 0.6) is 5.88 Å². The summed E-state index contributed by atoms with van der Waals surface area (Å²) >= 11 is 0. The van der Waals surface area contributed by atoms with Crippen LogP contribution < -0.4 is 4.72 Å². The van der Waals surface area contributed by atoms with Gasteiger partial charge in [0, 0.05) is 10.9 Å². The zero-order valence-electron chi connectivity index (χ0n) is 12.6. The number of sulfonamides is 1. The van der Waals surface area contributed by atoms with E-state index in [4.69, 9.17) is 4.42 Å². The third-order valence-electron chi connectivity index (χ3n) is 3.84. The van der Waals surface area contributed by atoms with E-state index in [1.165, 1.54) is 19.2 Å². The zero-order valence-corrected chi connectivity index (χ0v) is 13.4. The van der Waals surface area contributed by atoms with Gasteiger partial charge in [0.15, 0.2) is 5.58 Å². The van der Waals surface area contributed by atoms with E-state index in [1.807, 2.05) is 12.1 Å². The first-order chi connectivity index (χ1) is 11.5. The lowest BCUT2D eigenvalue weighted by atomic mass is 10.1. The molecule has 0 atom stereocenters. The standard InChI is InChI=1S/C16H13N3O4S/c1-17-24(21,22)9-6-7-11-10(8-9)14(15(20)18-11)16-19-12-4-2-3-5-13(12)23-16/h2-8,17-18,20H,1H3. The van der Waals surface area contributed by atoms with Crippen LogP contribution in [0.15, 0.2) is 51.8 Å². The first-order valence-corrected chi connectivity index (χ1v) is 8.62. The third kappa shape index (κ3) is 2.15. The Morgan fingerprint density at radius 3 is 2.75 bits per heavy atom. The van der Waals surface area contributed by atoms with E-state index in [-0.39, 0.29) is 16.7 Å². The van der Waals surface area contributed by atoms with Gasteiger partial charge in [-0.3, -0.25) is 0 Å². The normalized spacial score (nSPS) is 12.2. The van der Waals surface area contributed by atoms with E-state index >= 15 is 0 Å². The number of benzene rings is 2. The number of nitrogens with zero attached hydrogens (tertiary/aromatic N) is 1. The van der Waals surface area contributed by atoms with Gasteiger partial charge < -0.3 is 14.5 Å². The fourth-order valence-corrected chi connectivity index (χ4v) is 3.39. The monoisotopic (exact) mass is 343 g/mol. The van der Waals surface area contributed by atoms with Crippen molar-refractivity contribution < 1.29 is 17.9 Å². The van der Waals surface area contributed by atoms with Crippen molar-refractivity contribution in [3.8, 4) is 17.3 Å². The summed E-state index contributed by atoms with van der Waals surface area (Å²) in [6.45, 7) is 0. The number of hydrogen-bond acceptors (Lipinski definition) is 5. The van der Waals surface area contributed by atoms with Gasteiger partial charge in [-0.2, -0.15) is 0 Å². The van der Waals surface area contributed by atoms with Crippen LogP contribution in [0.25, 0.3) is 33.5 Å². The molecule has 2 aromatic heterocycles. The highest BCUT2D eigenvalue weighted by molar-refractivity contribution is 7.89. The van der Waals surface area contributed by atoms with Crippen molar-refractivity contribution in [3.63, 3.8) is 0 Å². The number of fused-ring (bicyclic) bond motifs is 2. The minimum atomic E-state index is -3.60. The first kappa shape index (κ1) is 14.7. The highest BCUT2D eigenvalue weighted by atomic mass is 32.2. The number of hydrogen-bond donors (Lipinski definition) is 3. The Labute approximate surface area is 137 Å². The van der Waals surface area contributed by atoms with Gasteiger partial charge >= 0.3 is 0 Å². The van der Waals surface area contributed by atoms with Crippen molar-refractivity contribution in [2.75, 3.05) is 7.05 Å². The molecule has 0 aliphatic rings. The highest BCUT2D eigenvalue weighted by Gasteiger charge is 2.21. The van der Waals surface area contributed by atoms with Gasteiger partial charge in [0.2, 0.25) is 21.8 Å². The maximum atomic E-state index is 12.0. The molecule has 0 amide bonds. The van der Waals surface area contributed by atoms with Crippen LogP contribution in [0.4, 0.5) is 0 Å². The van der Waals surface area contributed by atoms with Crippen molar-refractivity contribution in [2.45, 2.75) is 4.90 Å². The lowest BCUT2D eigenvalue weighted by Gasteiger charge is -2.02. The molecular weight excluding hydrogens is 330 g/mol. The van der Waals surface area contributed by atoms with Gasteiger partial charge in [0.25, 0.3) is 0 Å². The Hall–Kier alpha value is -2.84. The Morgan fingerprint density at radius 2 is 2.00 bits per heavy atom. The molecule has 0 unspecified atom stereocenters. The molecule has 0 saturated carbocycles. The maximum Gasteiger partial charge on any atom is 0.240 e. The molecule has 7 nitrogen and oxygen atoms in total. The average molecular weight is 343 g/mol. The van der Waals surface area contributed by atoms with Gasteiger partial charge in [-0.25, -0.2) is 18.1 Å². The topological polar surface area (TPSA) is 108 Å². The first-order valence-electron chi connectivity index (χ1n) is 7.14.